The van der Waals surface area contributed by atoms with Gasteiger partial charge in [0, 0.05) is 24.7 Å². The molecule has 1 aliphatic rings. The van der Waals surface area contributed by atoms with Crippen LogP contribution in [0.5, 0.6) is 0 Å². The molecule has 11 heteroatoms. The van der Waals surface area contributed by atoms with E-state index in [1.54, 1.807) is 24.3 Å². The molecule has 0 radical (unpaired) electrons. The van der Waals surface area contributed by atoms with E-state index in [2.05, 4.69) is 31.0 Å². The lowest BCUT2D eigenvalue weighted by Crippen LogP contribution is -2.58. The molecule has 1 aliphatic heterocycles. The molecule has 0 saturated heterocycles. The van der Waals surface area contributed by atoms with Gasteiger partial charge in [0.25, 0.3) is 5.91 Å². The number of nitrogens with zero attached hydrogens (tertiary/aromatic N) is 5. The third-order valence-corrected chi connectivity index (χ3v) is 5.87. The van der Waals surface area contributed by atoms with Crippen molar-refractivity contribution < 1.29 is 18.0 Å². The number of amides is 1. The van der Waals surface area contributed by atoms with Crippen molar-refractivity contribution in [2.45, 2.75) is 57.8 Å². The van der Waals surface area contributed by atoms with Crippen molar-refractivity contribution in [2.75, 3.05) is 0 Å². The lowest BCUT2D eigenvalue weighted by Gasteiger charge is -2.40. The Morgan fingerprint density at radius 1 is 1.18 bits per heavy atom. The highest BCUT2D eigenvalue weighted by atomic mass is 19.4. The fourth-order valence-corrected chi connectivity index (χ4v) is 4.04. The summed E-state index contributed by atoms with van der Waals surface area (Å²) in [4.78, 5) is 13.2. The van der Waals surface area contributed by atoms with Crippen LogP contribution in [0.2, 0.25) is 0 Å². The average molecular weight is 459 g/mol. The molecule has 1 atom stereocenters. The minimum Gasteiger partial charge on any atom is -0.334 e. The second kappa shape index (κ2) is 8.80. The van der Waals surface area contributed by atoms with E-state index >= 15 is 0 Å². The Kier molecular flexibility index (Phi) is 6.05. The number of aromatic amines is 1. The molecule has 4 rings (SSSR count). The van der Waals surface area contributed by atoms with Gasteiger partial charge in [-0.3, -0.25) is 9.48 Å². The van der Waals surface area contributed by atoms with Crippen LogP contribution in [-0.2, 0) is 16.9 Å². The average Bonchev–Trinajstić information content (AvgIpc) is 3.45. The van der Waals surface area contributed by atoms with Gasteiger partial charge in [0.05, 0.1) is 11.8 Å². The van der Waals surface area contributed by atoms with Crippen LogP contribution in [0, 0.1) is 6.92 Å². The molecule has 1 amide bonds. The highest BCUT2D eigenvalue weighted by Gasteiger charge is 2.60. The summed E-state index contributed by atoms with van der Waals surface area (Å²) in [6.45, 7) is 4.42. The Balaban J connectivity index is 1.84. The molecule has 0 bridgehead atoms. The summed E-state index contributed by atoms with van der Waals surface area (Å²) >= 11 is 0. The van der Waals surface area contributed by atoms with E-state index in [1.165, 1.54) is 17.1 Å². The van der Waals surface area contributed by atoms with Gasteiger partial charge in [-0.2, -0.15) is 23.5 Å². The minimum absolute atomic E-state index is 0.0391. The maximum Gasteiger partial charge on any atom is 0.416 e. The maximum absolute atomic E-state index is 14.7. The summed E-state index contributed by atoms with van der Waals surface area (Å²) in [6.07, 6.45) is -0.0136. The first kappa shape index (κ1) is 22.7. The van der Waals surface area contributed by atoms with Crippen LogP contribution in [0.15, 0.2) is 36.7 Å². The minimum atomic E-state index is -4.78. The number of unbranched alkanes of at least 4 members (excludes halogenated alkanes) is 2. The fourth-order valence-electron chi connectivity index (χ4n) is 4.04. The molecule has 1 unspecified atom stereocenters. The SMILES string of the molecule is CCCCCn1cc(C2(C(F)(F)F)CC(c3ccc(C)cc3)=C(c3nn[nH]n3)C(=O)N2)cn1. The number of carbonyl (C=O) groups is 1. The van der Waals surface area contributed by atoms with Crippen molar-refractivity contribution >= 4 is 17.1 Å². The van der Waals surface area contributed by atoms with Gasteiger partial charge in [0.1, 0.15) is 0 Å². The molecular weight excluding hydrogens is 435 g/mol. The molecule has 174 valence electrons. The summed E-state index contributed by atoms with van der Waals surface area (Å²) in [5, 5.41) is 19.8. The Hall–Kier alpha value is -3.50. The van der Waals surface area contributed by atoms with Crippen molar-refractivity contribution in [3.8, 4) is 0 Å². The quantitative estimate of drug-likeness (QED) is 0.524. The first-order valence-corrected chi connectivity index (χ1v) is 10.7. The second-order valence-electron chi connectivity index (χ2n) is 8.19. The zero-order chi connectivity index (χ0) is 23.6. The third kappa shape index (κ3) is 4.27. The Labute approximate surface area is 188 Å². The van der Waals surface area contributed by atoms with Crippen molar-refractivity contribution in [3.63, 3.8) is 0 Å². The van der Waals surface area contributed by atoms with Crippen molar-refractivity contribution in [2.24, 2.45) is 0 Å². The van der Waals surface area contributed by atoms with Crippen LogP contribution < -0.4 is 5.32 Å². The van der Waals surface area contributed by atoms with Gasteiger partial charge in [-0.1, -0.05) is 49.6 Å². The number of rotatable bonds is 7. The van der Waals surface area contributed by atoms with E-state index in [0.29, 0.717) is 12.1 Å². The van der Waals surface area contributed by atoms with Gasteiger partial charge in [-0.05, 0) is 29.7 Å². The predicted octanol–water partition coefficient (Wildman–Crippen LogP) is 3.78. The zero-order valence-electron chi connectivity index (χ0n) is 18.3. The third-order valence-electron chi connectivity index (χ3n) is 5.87. The largest absolute Gasteiger partial charge is 0.416 e. The van der Waals surface area contributed by atoms with Gasteiger partial charge in [0.2, 0.25) is 5.82 Å². The van der Waals surface area contributed by atoms with Gasteiger partial charge < -0.3 is 5.32 Å². The van der Waals surface area contributed by atoms with E-state index in [1.807, 2.05) is 13.8 Å². The van der Waals surface area contributed by atoms with Gasteiger partial charge in [-0.15, -0.1) is 10.2 Å². The lowest BCUT2D eigenvalue weighted by molar-refractivity contribution is -0.201. The number of hydrogen-bond acceptors (Lipinski definition) is 5. The molecule has 0 fully saturated rings. The molecule has 3 heterocycles. The molecule has 0 saturated carbocycles. The van der Waals surface area contributed by atoms with Crippen molar-refractivity contribution in [3.05, 3.63) is 59.2 Å². The van der Waals surface area contributed by atoms with Crippen LogP contribution in [0.3, 0.4) is 0 Å². The molecule has 0 aliphatic carbocycles. The molecular formula is C22H24F3N7O. The van der Waals surface area contributed by atoms with Crippen molar-refractivity contribution in [1.82, 2.24) is 35.7 Å². The molecule has 3 aromatic rings. The number of carbonyl (C=O) groups excluding carboxylic acids is 1. The van der Waals surface area contributed by atoms with Gasteiger partial charge in [-0.25, -0.2) is 0 Å². The maximum atomic E-state index is 14.7. The monoisotopic (exact) mass is 459 g/mol. The van der Waals surface area contributed by atoms with Gasteiger partial charge in [0.15, 0.2) is 5.54 Å². The van der Waals surface area contributed by atoms with Crippen molar-refractivity contribution in [1.29, 1.82) is 0 Å². The van der Waals surface area contributed by atoms with Gasteiger partial charge >= 0.3 is 6.18 Å². The molecule has 8 nitrogen and oxygen atoms in total. The standard InChI is InChI=1S/C22H24F3N7O/c1-3-4-5-10-32-13-16(12-26-32)21(22(23,24)25)11-17(15-8-6-14(2)7-9-15)18(20(33)27-21)19-28-30-31-29-19/h6-9,12-13H,3-5,10-11H2,1-2H3,(H,27,33)(H,28,29,30,31). The van der Waals surface area contributed by atoms with Crippen LogP contribution in [0.25, 0.3) is 11.1 Å². The fraction of sp³-hybridized carbons (Fsp3) is 0.409. The molecule has 0 spiro atoms. The first-order valence-electron chi connectivity index (χ1n) is 10.7. The summed E-state index contributed by atoms with van der Waals surface area (Å²) in [6, 6.07) is 6.95. The summed E-state index contributed by atoms with van der Waals surface area (Å²) in [7, 11) is 0. The number of alkyl halides is 3. The number of benzene rings is 1. The number of hydrogen-bond donors (Lipinski definition) is 2. The van der Waals surface area contributed by atoms with Crippen LogP contribution >= 0.6 is 0 Å². The number of halogens is 3. The number of H-pyrrole nitrogens is 1. The number of tetrazole rings is 1. The predicted molar refractivity (Wildman–Crippen MR) is 114 cm³/mol. The van der Waals surface area contributed by atoms with Crippen LogP contribution in [0.4, 0.5) is 13.2 Å². The Morgan fingerprint density at radius 3 is 2.58 bits per heavy atom. The van der Waals surface area contributed by atoms with E-state index in [0.717, 1.165) is 24.8 Å². The highest BCUT2D eigenvalue weighted by molar-refractivity contribution is 6.27. The highest BCUT2D eigenvalue weighted by Crippen LogP contribution is 2.49. The molecule has 2 N–H and O–H groups in total. The van der Waals surface area contributed by atoms with Crippen LogP contribution in [0.1, 0.15) is 55.1 Å². The smallest absolute Gasteiger partial charge is 0.334 e. The number of nitrogens with one attached hydrogen (secondary N) is 2. The Morgan fingerprint density at radius 2 is 1.94 bits per heavy atom. The van der Waals surface area contributed by atoms with E-state index in [4.69, 9.17) is 0 Å². The van der Waals surface area contributed by atoms with Crippen LogP contribution in [-0.4, -0.2) is 42.5 Å². The lowest BCUT2D eigenvalue weighted by atomic mass is 9.77. The number of aromatic nitrogens is 6. The summed E-state index contributed by atoms with van der Waals surface area (Å²) in [5.74, 6) is -0.983. The zero-order valence-corrected chi connectivity index (χ0v) is 18.3. The molecule has 33 heavy (non-hydrogen) atoms. The van der Waals surface area contributed by atoms with E-state index < -0.39 is 24.0 Å². The molecule has 1 aromatic carbocycles. The Bertz CT molecular complexity index is 1150. The van der Waals surface area contributed by atoms with E-state index in [9.17, 15) is 18.0 Å². The van der Waals surface area contributed by atoms with E-state index in [-0.39, 0.29) is 22.5 Å². The first-order chi connectivity index (χ1) is 15.7. The number of aryl methyl sites for hydroxylation is 2. The summed E-state index contributed by atoms with van der Waals surface area (Å²) < 4.78 is 45.5. The summed E-state index contributed by atoms with van der Waals surface area (Å²) in [5.41, 5.74) is -1.17. The second-order valence-corrected chi connectivity index (χ2v) is 8.19. The topological polar surface area (TPSA) is 101 Å². The normalized spacial score (nSPS) is 19.1. The molecule has 2 aromatic heterocycles.